The molecule has 0 spiro atoms. The Balaban J connectivity index is 2.30. The highest BCUT2D eigenvalue weighted by molar-refractivity contribution is 5.35. The fourth-order valence-electron chi connectivity index (χ4n) is 2.93. The van der Waals surface area contributed by atoms with Crippen molar-refractivity contribution >= 4 is 0 Å². The van der Waals surface area contributed by atoms with Gasteiger partial charge in [-0.1, -0.05) is 18.2 Å². The SMILES string of the molecule is CN(C)C(c1ccc2c(c1)CCCC2)C(O)CN. The Morgan fingerprint density at radius 1 is 1.22 bits per heavy atom. The molecule has 18 heavy (non-hydrogen) atoms. The highest BCUT2D eigenvalue weighted by atomic mass is 16.3. The van der Waals surface area contributed by atoms with Gasteiger partial charge in [-0.05, 0) is 56.5 Å². The van der Waals surface area contributed by atoms with Crippen LogP contribution in [0, 0.1) is 0 Å². The van der Waals surface area contributed by atoms with E-state index in [0.29, 0.717) is 6.54 Å². The number of nitrogens with zero attached hydrogens (tertiary/aromatic N) is 1. The van der Waals surface area contributed by atoms with E-state index in [4.69, 9.17) is 5.73 Å². The standard InChI is InChI=1S/C15H24N2O/c1-17(2)15(14(18)10-16)13-8-7-11-5-3-4-6-12(11)9-13/h7-9,14-15,18H,3-6,10,16H2,1-2H3. The van der Waals surface area contributed by atoms with Crippen LogP contribution in [0.2, 0.25) is 0 Å². The minimum absolute atomic E-state index is 0.0118. The smallest absolute Gasteiger partial charge is 0.0858 e. The summed E-state index contributed by atoms with van der Waals surface area (Å²) < 4.78 is 0. The second kappa shape index (κ2) is 5.83. The van der Waals surface area contributed by atoms with Crippen LogP contribution in [0.3, 0.4) is 0 Å². The van der Waals surface area contributed by atoms with Crippen LogP contribution < -0.4 is 5.73 Å². The summed E-state index contributed by atoms with van der Waals surface area (Å²) in [7, 11) is 3.98. The quantitative estimate of drug-likeness (QED) is 0.848. The molecule has 3 heteroatoms. The molecule has 2 atom stereocenters. The van der Waals surface area contributed by atoms with Gasteiger partial charge in [0.25, 0.3) is 0 Å². The summed E-state index contributed by atoms with van der Waals surface area (Å²) in [4.78, 5) is 2.04. The highest BCUT2D eigenvalue weighted by Crippen LogP contribution is 2.28. The number of hydrogen-bond acceptors (Lipinski definition) is 3. The van der Waals surface area contributed by atoms with Crippen LogP contribution in [0.1, 0.15) is 35.6 Å². The zero-order chi connectivity index (χ0) is 13.1. The Morgan fingerprint density at radius 2 is 1.89 bits per heavy atom. The molecule has 0 saturated carbocycles. The first kappa shape index (κ1) is 13.5. The number of aliphatic hydroxyl groups excluding tert-OH is 1. The Kier molecular flexibility index (Phi) is 4.38. The number of likely N-dealkylation sites (N-methyl/N-ethyl adjacent to an activating group) is 1. The summed E-state index contributed by atoms with van der Waals surface area (Å²) in [6.07, 6.45) is 4.43. The Morgan fingerprint density at radius 3 is 2.50 bits per heavy atom. The second-order valence-corrected chi connectivity index (χ2v) is 5.45. The van der Waals surface area contributed by atoms with Crippen molar-refractivity contribution in [3.8, 4) is 0 Å². The summed E-state index contributed by atoms with van der Waals surface area (Å²) in [6.45, 7) is 0.292. The lowest BCUT2D eigenvalue weighted by Crippen LogP contribution is -2.36. The van der Waals surface area contributed by atoms with Crippen molar-refractivity contribution in [3.05, 3.63) is 34.9 Å². The van der Waals surface area contributed by atoms with Crippen LogP contribution >= 0.6 is 0 Å². The number of nitrogens with two attached hydrogens (primary N) is 1. The Bertz CT molecular complexity index is 403. The average Bonchev–Trinajstić information content (AvgIpc) is 2.38. The lowest BCUT2D eigenvalue weighted by atomic mass is 9.88. The van der Waals surface area contributed by atoms with E-state index in [2.05, 4.69) is 18.2 Å². The van der Waals surface area contributed by atoms with Crippen LogP contribution in [-0.4, -0.2) is 36.8 Å². The zero-order valence-electron chi connectivity index (χ0n) is 11.4. The van der Waals surface area contributed by atoms with Gasteiger partial charge in [-0.15, -0.1) is 0 Å². The summed E-state index contributed by atoms with van der Waals surface area (Å²) in [5.41, 5.74) is 9.72. The molecule has 0 aromatic heterocycles. The molecule has 0 bridgehead atoms. The van der Waals surface area contributed by atoms with Crippen LogP contribution in [0.5, 0.6) is 0 Å². The van der Waals surface area contributed by atoms with Crippen molar-refractivity contribution in [1.29, 1.82) is 0 Å². The molecular formula is C15H24N2O. The number of hydrogen-bond donors (Lipinski definition) is 2. The molecule has 0 saturated heterocycles. The molecule has 0 heterocycles. The fraction of sp³-hybridized carbons (Fsp3) is 0.600. The van der Waals surface area contributed by atoms with Crippen molar-refractivity contribution in [3.63, 3.8) is 0 Å². The lowest BCUT2D eigenvalue weighted by molar-refractivity contribution is 0.0823. The lowest BCUT2D eigenvalue weighted by Gasteiger charge is -2.30. The van der Waals surface area contributed by atoms with Gasteiger partial charge in [-0.25, -0.2) is 0 Å². The van der Waals surface area contributed by atoms with Gasteiger partial charge in [-0.3, -0.25) is 0 Å². The molecule has 0 amide bonds. The third-order valence-electron chi connectivity index (χ3n) is 3.88. The second-order valence-electron chi connectivity index (χ2n) is 5.45. The summed E-state index contributed by atoms with van der Waals surface area (Å²) in [6, 6.07) is 6.62. The normalized spacial score (nSPS) is 18.5. The van der Waals surface area contributed by atoms with Gasteiger partial charge < -0.3 is 15.7 Å². The first-order chi connectivity index (χ1) is 8.63. The maximum absolute atomic E-state index is 10.1. The number of rotatable bonds is 4. The predicted molar refractivity (Wildman–Crippen MR) is 74.6 cm³/mol. The van der Waals surface area contributed by atoms with Crippen molar-refractivity contribution in [2.75, 3.05) is 20.6 Å². The van der Waals surface area contributed by atoms with Crippen LogP contribution in [0.25, 0.3) is 0 Å². The highest BCUT2D eigenvalue weighted by Gasteiger charge is 2.23. The van der Waals surface area contributed by atoms with Crippen LogP contribution in [0.4, 0.5) is 0 Å². The van der Waals surface area contributed by atoms with Gasteiger partial charge in [0.15, 0.2) is 0 Å². The molecular weight excluding hydrogens is 224 g/mol. The summed E-state index contributed by atoms with van der Waals surface area (Å²) in [5.74, 6) is 0. The molecule has 0 radical (unpaired) electrons. The van der Waals surface area contributed by atoms with Gasteiger partial charge in [-0.2, -0.15) is 0 Å². The average molecular weight is 248 g/mol. The maximum atomic E-state index is 10.1. The summed E-state index contributed by atoms with van der Waals surface area (Å²) in [5, 5.41) is 10.1. The van der Waals surface area contributed by atoms with Crippen LogP contribution in [0.15, 0.2) is 18.2 Å². The first-order valence-corrected chi connectivity index (χ1v) is 6.79. The van der Waals surface area contributed by atoms with E-state index in [1.807, 2.05) is 19.0 Å². The van der Waals surface area contributed by atoms with E-state index in [1.54, 1.807) is 0 Å². The molecule has 1 aliphatic carbocycles. The van der Waals surface area contributed by atoms with Gasteiger partial charge in [0, 0.05) is 6.54 Å². The van der Waals surface area contributed by atoms with Gasteiger partial charge in [0.1, 0.15) is 0 Å². The minimum atomic E-state index is -0.512. The molecule has 1 aliphatic rings. The molecule has 3 N–H and O–H groups in total. The van der Waals surface area contributed by atoms with E-state index in [-0.39, 0.29) is 6.04 Å². The van der Waals surface area contributed by atoms with Crippen molar-refractivity contribution in [2.45, 2.75) is 37.8 Å². The van der Waals surface area contributed by atoms with E-state index in [0.717, 1.165) is 0 Å². The molecule has 2 rings (SSSR count). The van der Waals surface area contributed by atoms with E-state index >= 15 is 0 Å². The van der Waals surface area contributed by atoms with Crippen molar-refractivity contribution < 1.29 is 5.11 Å². The number of fused-ring (bicyclic) bond motifs is 1. The van der Waals surface area contributed by atoms with Gasteiger partial charge in [0.2, 0.25) is 0 Å². The van der Waals surface area contributed by atoms with E-state index in [9.17, 15) is 5.11 Å². The number of aryl methyl sites for hydroxylation is 2. The molecule has 100 valence electrons. The minimum Gasteiger partial charge on any atom is -0.390 e. The molecule has 3 nitrogen and oxygen atoms in total. The van der Waals surface area contributed by atoms with Crippen molar-refractivity contribution in [1.82, 2.24) is 4.90 Å². The number of aliphatic hydroxyl groups is 1. The topological polar surface area (TPSA) is 49.5 Å². The molecule has 1 aromatic carbocycles. The fourth-order valence-corrected chi connectivity index (χ4v) is 2.93. The summed E-state index contributed by atoms with van der Waals surface area (Å²) >= 11 is 0. The van der Waals surface area contributed by atoms with Gasteiger partial charge >= 0.3 is 0 Å². The molecule has 0 fully saturated rings. The monoisotopic (exact) mass is 248 g/mol. The zero-order valence-corrected chi connectivity index (χ0v) is 11.4. The predicted octanol–water partition coefficient (Wildman–Crippen LogP) is 1.49. The molecule has 0 aliphatic heterocycles. The Labute approximate surface area is 110 Å². The maximum Gasteiger partial charge on any atom is 0.0858 e. The first-order valence-electron chi connectivity index (χ1n) is 6.79. The number of benzene rings is 1. The molecule has 2 unspecified atom stereocenters. The van der Waals surface area contributed by atoms with E-state index < -0.39 is 6.10 Å². The van der Waals surface area contributed by atoms with E-state index in [1.165, 1.54) is 42.4 Å². The van der Waals surface area contributed by atoms with Crippen LogP contribution in [-0.2, 0) is 12.8 Å². The van der Waals surface area contributed by atoms with Crippen molar-refractivity contribution in [2.24, 2.45) is 5.73 Å². The molecule has 1 aromatic rings. The third kappa shape index (κ3) is 2.74. The van der Waals surface area contributed by atoms with Gasteiger partial charge in [0.05, 0.1) is 12.1 Å². The Hall–Kier alpha value is -0.900. The largest absolute Gasteiger partial charge is 0.390 e. The third-order valence-corrected chi connectivity index (χ3v) is 3.88.